The fourth-order valence-corrected chi connectivity index (χ4v) is 2.95. The molecular weight excluding hydrogens is 378 g/mol. The highest BCUT2D eigenvalue weighted by molar-refractivity contribution is 5.92. The van der Waals surface area contributed by atoms with Gasteiger partial charge in [0.25, 0.3) is 5.56 Å². The number of carboxylic acid groups (broad SMARTS) is 1. The van der Waals surface area contributed by atoms with Crippen LogP contribution in [0, 0.1) is 0 Å². The number of aromatic carboxylic acids is 1. The van der Waals surface area contributed by atoms with Crippen LogP contribution in [0.2, 0.25) is 0 Å². The van der Waals surface area contributed by atoms with Crippen molar-refractivity contribution in [1.29, 1.82) is 0 Å². The molecule has 0 aliphatic carbocycles. The highest BCUT2D eigenvalue weighted by Gasteiger charge is 2.15. The molecule has 4 N–H and O–H groups in total. The molecule has 0 spiro atoms. The zero-order valence-electron chi connectivity index (χ0n) is 15.1. The van der Waals surface area contributed by atoms with Crippen molar-refractivity contribution in [2.45, 2.75) is 6.92 Å². The SMILES string of the molecule is CCOc1cc(-c2ccc(C(=O)O)c(O)c2)ccc1-c1nc2[nH]nnc2c(=O)[nH]1. The molecule has 0 fully saturated rings. The van der Waals surface area contributed by atoms with Gasteiger partial charge in [0.1, 0.15) is 22.9 Å². The second-order valence-corrected chi connectivity index (χ2v) is 6.10. The average Bonchev–Trinajstić information content (AvgIpc) is 3.17. The number of phenols is 1. The summed E-state index contributed by atoms with van der Waals surface area (Å²) in [5.41, 5.74) is 1.60. The quantitative estimate of drug-likeness (QED) is 0.402. The molecule has 0 radical (unpaired) electrons. The maximum Gasteiger partial charge on any atom is 0.339 e. The zero-order valence-corrected chi connectivity index (χ0v) is 15.1. The summed E-state index contributed by atoms with van der Waals surface area (Å²) < 4.78 is 5.72. The number of nitrogens with one attached hydrogen (secondary N) is 2. The summed E-state index contributed by atoms with van der Waals surface area (Å²) in [5.74, 6) is -0.798. The van der Waals surface area contributed by atoms with Gasteiger partial charge in [0.05, 0.1) is 12.2 Å². The maximum absolute atomic E-state index is 12.2. The van der Waals surface area contributed by atoms with Crippen LogP contribution >= 0.6 is 0 Å². The molecule has 0 amide bonds. The summed E-state index contributed by atoms with van der Waals surface area (Å²) >= 11 is 0. The number of hydrogen-bond acceptors (Lipinski definition) is 7. The third-order valence-electron chi connectivity index (χ3n) is 4.30. The lowest BCUT2D eigenvalue weighted by Crippen LogP contribution is -2.10. The number of carbonyl (C=O) groups is 1. The largest absolute Gasteiger partial charge is 0.507 e. The first-order chi connectivity index (χ1) is 14.0. The lowest BCUT2D eigenvalue weighted by Gasteiger charge is -2.12. The Kier molecular flexibility index (Phi) is 4.43. The third kappa shape index (κ3) is 3.27. The molecule has 0 unspecified atom stereocenters. The molecule has 0 saturated carbocycles. The molecule has 4 rings (SSSR count). The minimum Gasteiger partial charge on any atom is -0.507 e. The Hall–Kier alpha value is -4.21. The van der Waals surface area contributed by atoms with Gasteiger partial charge in [-0.3, -0.25) is 4.79 Å². The Morgan fingerprint density at radius 2 is 1.93 bits per heavy atom. The molecule has 0 atom stereocenters. The Bertz CT molecular complexity index is 1290. The molecule has 0 aliphatic heterocycles. The van der Waals surface area contributed by atoms with E-state index in [2.05, 4.69) is 25.4 Å². The van der Waals surface area contributed by atoms with Gasteiger partial charge < -0.3 is 19.9 Å². The van der Waals surface area contributed by atoms with Crippen molar-refractivity contribution < 1.29 is 19.7 Å². The van der Waals surface area contributed by atoms with Crippen molar-refractivity contribution in [3.8, 4) is 34.0 Å². The Balaban J connectivity index is 1.82. The highest BCUT2D eigenvalue weighted by atomic mass is 16.5. The fourth-order valence-electron chi connectivity index (χ4n) is 2.95. The fraction of sp³-hybridized carbons (Fsp3) is 0.105. The number of ether oxygens (including phenoxy) is 1. The van der Waals surface area contributed by atoms with Crippen molar-refractivity contribution in [3.05, 3.63) is 52.3 Å². The Morgan fingerprint density at radius 3 is 2.66 bits per heavy atom. The van der Waals surface area contributed by atoms with E-state index >= 15 is 0 Å². The minimum absolute atomic E-state index is 0.109. The second kappa shape index (κ2) is 7.08. The maximum atomic E-state index is 12.2. The number of aromatic nitrogens is 5. The summed E-state index contributed by atoms with van der Waals surface area (Å²) in [4.78, 5) is 30.3. The molecule has 146 valence electrons. The van der Waals surface area contributed by atoms with Crippen LogP contribution in [0.15, 0.2) is 41.2 Å². The predicted molar refractivity (Wildman–Crippen MR) is 103 cm³/mol. The normalized spacial score (nSPS) is 10.9. The molecule has 0 bridgehead atoms. The molecule has 10 heteroatoms. The molecule has 2 aromatic carbocycles. The van der Waals surface area contributed by atoms with Crippen LogP contribution in [0.4, 0.5) is 0 Å². The number of H-pyrrole nitrogens is 2. The van der Waals surface area contributed by atoms with Gasteiger partial charge >= 0.3 is 5.97 Å². The van der Waals surface area contributed by atoms with Gasteiger partial charge in [0.2, 0.25) is 0 Å². The van der Waals surface area contributed by atoms with Gasteiger partial charge in [-0.25, -0.2) is 14.9 Å². The van der Waals surface area contributed by atoms with E-state index < -0.39 is 11.5 Å². The summed E-state index contributed by atoms with van der Waals surface area (Å²) in [6.07, 6.45) is 0. The first-order valence-electron chi connectivity index (χ1n) is 8.63. The molecule has 2 heterocycles. The van der Waals surface area contributed by atoms with Crippen molar-refractivity contribution in [2.75, 3.05) is 6.61 Å². The first-order valence-corrected chi connectivity index (χ1v) is 8.63. The van der Waals surface area contributed by atoms with Crippen LogP contribution in [-0.4, -0.2) is 48.2 Å². The summed E-state index contributed by atoms with van der Waals surface area (Å²) in [6.45, 7) is 2.19. The van der Waals surface area contributed by atoms with E-state index in [-0.39, 0.29) is 28.3 Å². The number of hydrogen-bond donors (Lipinski definition) is 4. The number of carboxylic acids is 1. The number of aromatic hydroxyl groups is 1. The zero-order chi connectivity index (χ0) is 20.5. The van der Waals surface area contributed by atoms with Crippen molar-refractivity contribution in [2.24, 2.45) is 0 Å². The molecule has 4 aromatic rings. The van der Waals surface area contributed by atoms with Gasteiger partial charge in [-0.2, -0.15) is 0 Å². The van der Waals surface area contributed by atoms with Crippen LogP contribution in [-0.2, 0) is 0 Å². The van der Waals surface area contributed by atoms with Gasteiger partial charge in [-0.15, -0.1) is 5.10 Å². The van der Waals surface area contributed by atoms with E-state index in [1.54, 1.807) is 24.3 Å². The van der Waals surface area contributed by atoms with E-state index in [0.717, 1.165) is 0 Å². The third-order valence-corrected chi connectivity index (χ3v) is 4.30. The minimum atomic E-state index is -1.21. The first kappa shape index (κ1) is 18.2. The lowest BCUT2D eigenvalue weighted by molar-refractivity contribution is 0.0694. The monoisotopic (exact) mass is 393 g/mol. The van der Waals surface area contributed by atoms with Crippen LogP contribution < -0.4 is 10.3 Å². The topological polar surface area (TPSA) is 154 Å². The van der Waals surface area contributed by atoms with Crippen LogP contribution in [0.3, 0.4) is 0 Å². The van der Waals surface area contributed by atoms with Crippen LogP contribution in [0.1, 0.15) is 17.3 Å². The molecule has 29 heavy (non-hydrogen) atoms. The van der Waals surface area contributed by atoms with Gasteiger partial charge in [0, 0.05) is 0 Å². The van der Waals surface area contributed by atoms with E-state index in [4.69, 9.17) is 9.84 Å². The number of aromatic amines is 2. The van der Waals surface area contributed by atoms with E-state index in [1.165, 1.54) is 12.1 Å². The average molecular weight is 393 g/mol. The molecule has 0 saturated heterocycles. The summed E-state index contributed by atoms with van der Waals surface area (Å²) in [6, 6.07) is 9.49. The number of fused-ring (bicyclic) bond motifs is 1. The van der Waals surface area contributed by atoms with Gasteiger partial charge in [-0.1, -0.05) is 17.3 Å². The van der Waals surface area contributed by atoms with Crippen molar-refractivity contribution in [3.63, 3.8) is 0 Å². The van der Waals surface area contributed by atoms with Crippen molar-refractivity contribution in [1.82, 2.24) is 25.4 Å². The smallest absolute Gasteiger partial charge is 0.339 e. The summed E-state index contributed by atoms with van der Waals surface area (Å²) in [7, 11) is 0. The van der Waals surface area contributed by atoms with Gasteiger partial charge in [-0.05, 0) is 42.3 Å². The van der Waals surface area contributed by atoms with Crippen LogP contribution in [0.5, 0.6) is 11.5 Å². The lowest BCUT2D eigenvalue weighted by atomic mass is 10.0. The van der Waals surface area contributed by atoms with Gasteiger partial charge in [0.15, 0.2) is 11.2 Å². The summed E-state index contributed by atoms with van der Waals surface area (Å²) in [5, 5.41) is 28.9. The molecule has 2 aromatic heterocycles. The molecule has 0 aliphatic rings. The van der Waals surface area contributed by atoms with E-state index in [9.17, 15) is 14.7 Å². The molecule has 10 nitrogen and oxygen atoms in total. The Labute approximate surface area is 162 Å². The van der Waals surface area contributed by atoms with E-state index in [1.807, 2.05) is 6.92 Å². The number of nitrogens with zero attached hydrogens (tertiary/aromatic N) is 3. The number of rotatable bonds is 5. The van der Waals surface area contributed by atoms with E-state index in [0.29, 0.717) is 29.0 Å². The standard InChI is InChI=1S/C19H15N5O5/c1-2-29-14-8-10(9-3-5-11(19(27)28)13(25)7-9)4-6-12(14)16-20-17-15(18(26)21-16)22-24-23-17/h3-8,25H,2H2,1H3,(H,27,28)(H2,20,21,22,23,24,26). The second-order valence-electron chi connectivity index (χ2n) is 6.10. The number of benzene rings is 2. The molecular formula is C19H15N5O5. The predicted octanol–water partition coefficient (Wildman–Crippen LogP) is 2.18. The van der Waals surface area contributed by atoms with Crippen molar-refractivity contribution >= 4 is 17.1 Å². The highest BCUT2D eigenvalue weighted by Crippen LogP contribution is 2.34. The van der Waals surface area contributed by atoms with Crippen LogP contribution in [0.25, 0.3) is 33.7 Å². The Morgan fingerprint density at radius 1 is 1.17 bits per heavy atom.